The Morgan fingerprint density at radius 3 is 2.50 bits per heavy atom. The SMILES string of the molecule is CC1C=C(CN)c2cc(C(C)(C)C)ccc21. The molecule has 16 heavy (non-hydrogen) atoms. The van der Waals surface area contributed by atoms with Crippen LogP contribution in [0.4, 0.5) is 0 Å². The average Bonchev–Trinajstić information content (AvgIpc) is 2.54. The van der Waals surface area contributed by atoms with Crippen LogP contribution in [0.5, 0.6) is 0 Å². The van der Waals surface area contributed by atoms with Crippen molar-refractivity contribution in [3.8, 4) is 0 Å². The fourth-order valence-corrected chi connectivity index (χ4v) is 2.36. The van der Waals surface area contributed by atoms with Gasteiger partial charge in [0, 0.05) is 12.5 Å². The molecule has 1 aliphatic rings. The summed E-state index contributed by atoms with van der Waals surface area (Å²) in [7, 11) is 0. The highest BCUT2D eigenvalue weighted by atomic mass is 14.5. The lowest BCUT2D eigenvalue weighted by Crippen LogP contribution is -2.12. The molecule has 1 heteroatoms. The lowest BCUT2D eigenvalue weighted by atomic mass is 9.84. The van der Waals surface area contributed by atoms with Gasteiger partial charge >= 0.3 is 0 Å². The van der Waals surface area contributed by atoms with E-state index in [9.17, 15) is 0 Å². The van der Waals surface area contributed by atoms with Crippen molar-refractivity contribution < 1.29 is 0 Å². The summed E-state index contributed by atoms with van der Waals surface area (Å²) in [6.45, 7) is 9.63. The minimum absolute atomic E-state index is 0.209. The third-order valence-electron chi connectivity index (χ3n) is 3.43. The Bertz CT molecular complexity index is 435. The molecule has 0 aliphatic heterocycles. The van der Waals surface area contributed by atoms with Crippen molar-refractivity contribution >= 4 is 5.57 Å². The molecular formula is C15H21N. The minimum Gasteiger partial charge on any atom is -0.326 e. The summed E-state index contributed by atoms with van der Waals surface area (Å²) in [5.74, 6) is 0.516. The van der Waals surface area contributed by atoms with E-state index in [-0.39, 0.29) is 5.41 Å². The summed E-state index contributed by atoms with van der Waals surface area (Å²) < 4.78 is 0. The lowest BCUT2D eigenvalue weighted by molar-refractivity contribution is 0.589. The van der Waals surface area contributed by atoms with Crippen molar-refractivity contribution in [2.24, 2.45) is 5.73 Å². The van der Waals surface area contributed by atoms with Gasteiger partial charge in [0.2, 0.25) is 0 Å². The van der Waals surface area contributed by atoms with Gasteiger partial charge in [-0.3, -0.25) is 0 Å². The van der Waals surface area contributed by atoms with Crippen molar-refractivity contribution in [1.29, 1.82) is 0 Å². The van der Waals surface area contributed by atoms with Crippen molar-refractivity contribution in [3.63, 3.8) is 0 Å². The van der Waals surface area contributed by atoms with Crippen molar-refractivity contribution in [1.82, 2.24) is 0 Å². The Morgan fingerprint density at radius 2 is 1.94 bits per heavy atom. The highest BCUT2D eigenvalue weighted by Gasteiger charge is 2.22. The van der Waals surface area contributed by atoms with Crippen LogP contribution >= 0.6 is 0 Å². The Balaban J connectivity index is 2.51. The molecule has 1 aromatic carbocycles. The second-order valence-electron chi connectivity index (χ2n) is 5.74. The normalized spacial score (nSPS) is 19.6. The van der Waals surface area contributed by atoms with Crippen LogP contribution in [0.2, 0.25) is 0 Å². The molecule has 1 unspecified atom stereocenters. The van der Waals surface area contributed by atoms with Gasteiger partial charge in [-0.25, -0.2) is 0 Å². The standard InChI is InChI=1S/C15H21N/c1-10-7-11(9-16)14-8-12(15(2,3)4)5-6-13(10)14/h5-8,10H,9,16H2,1-4H3. The Labute approximate surface area is 98.4 Å². The third-order valence-corrected chi connectivity index (χ3v) is 3.43. The van der Waals surface area contributed by atoms with E-state index in [1.165, 1.54) is 22.3 Å². The molecule has 0 heterocycles. The van der Waals surface area contributed by atoms with E-state index in [4.69, 9.17) is 5.73 Å². The van der Waals surface area contributed by atoms with E-state index in [0.717, 1.165) is 0 Å². The Kier molecular flexibility index (Phi) is 2.67. The summed E-state index contributed by atoms with van der Waals surface area (Å²) in [4.78, 5) is 0. The number of allylic oxidation sites excluding steroid dienone is 1. The molecule has 86 valence electrons. The first kappa shape index (κ1) is 11.4. The number of hydrogen-bond acceptors (Lipinski definition) is 1. The lowest BCUT2D eigenvalue weighted by Gasteiger charge is -2.21. The van der Waals surface area contributed by atoms with Crippen molar-refractivity contribution in [2.75, 3.05) is 6.54 Å². The molecular weight excluding hydrogens is 194 g/mol. The molecule has 0 amide bonds. The molecule has 0 spiro atoms. The summed E-state index contributed by atoms with van der Waals surface area (Å²) in [5.41, 5.74) is 11.5. The molecule has 1 atom stereocenters. The molecule has 2 rings (SSSR count). The van der Waals surface area contributed by atoms with Crippen LogP contribution in [0.1, 0.15) is 50.3 Å². The van der Waals surface area contributed by atoms with Gasteiger partial charge in [0.1, 0.15) is 0 Å². The Morgan fingerprint density at radius 1 is 1.25 bits per heavy atom. The van der Waals surface area contributed by atoms with Crippen LogP contribution in [0.3, 0.4) is 0 Å². The van der Waals surface area contributed by atoms with Gasteiger partial charge in [0.15, 0.2) is 0 Å². The maximum Gasteiger partial charge on any atom is 0.0181 e. The molecule has 0 fully saturated rings. The summed E-state index contributed by atoms with van der Waals surface area (Å²) in [5, 5.41) is 0. The van der Waals surface area contributed by atoms with E-state index >= 15 is 0 Å². The van der Waals surface area contributed by atoms with Gasteiger partial charge in [0.05, 0.1) is 0 Å². The average molecular weight is 215 g/mol. The highest BCUT2D eigenvalue weighted by Crippen LogP contribution is 2.37. The number of nitrogens with two attached hydrogens (primary N) is 1. The van der Waals surface area contributed by atoms with Crippen molar-refractivity contribution in [3.05, 3.63) is 41.0 Å². The topological polar surface area (TPSA) is 26.0 Å². The fraction of sp³-hybridized carbons (Fsp3) is 0.467. The van der Waals surface area contributed by atoms with Gasteiger partial charge in [-0.2, -0.15) is 0 Å². The van der Waals surface area contributed by atoms with Gasteiger partial charge in [-0.15, -0.1) is 0 Å². The van der Waals surface area contributed by atoms with Crippen LogP contribution in [0.15, 0.2) is 24.3 Å². The van der Waals surface area contributed by atoms with Gasteiger partial charge in [-0.1, -0.05) is 52.0 Å². The van der Waals surface area contributed by atoms with Crippen LogP contribution in [-0.4, -0.2) is 6.54 Å². The molecule has 0 saturated carbocycles. The predicted octanol–water partition coefficient (Wildman–Crippen LogP) is 3.44. The first-order chi connectivity index (χ1) is 7.43. The minimum atomic E-state index is 0.209. The van der Waals surface area contributed by atoms with E-state index in [2.05, 4.69) is 52.0 Å². The number of hydrogen-bond donors (Lipinski definition) is 1. The number of benzene rings is 1. The zero-order valence-corrected chi connectivity index (χ0v) is 10.7. The van der Waals surface area contributed by atoms with E-state index in [0.29, 0.717) is 12.5 Å². The molecule has 0 bridgehead atoms. The zero-order valence-electron chi connectivity index (χ0n) is 10.7. The van der Waals surface area contributed by atoms with Crippen LogP contribution < -0.4 is 5.73 Å². The van der Waals surface area contributed by atoms with Gasteiger partial charge in [0.25, 0.3) is 0 Å². The smallest absolute Gasteiger partial charge is 0.0181 e. The molecule has 1 aromatic rings. The maximum absolute atomic E-state index is 5.80. The van der Waals surface area contributed by atoms with E-state index < -0.39 is 0 Å². The van der Waals surface area contributed by atoms with E-state index in [1.807, 2.05) is 0 Å². The first-order valence-electron chi connectivity index (χ1n) is 5.99. The predicted molar refractivity (Wildman–Crippen MR) is 70.6 cm³/mol. The Hall–Kier alpha value is -1.08. The first-order valence-corrected chi connectivity index (χ1v) is 5.99. The number of fused-ring (bicyclic) bond motifs is 1. The zero-order chi connectivity index (χ0) is 11.9. The third kappa shape index (κ3) is 1.80. The molecule has 1 aliphatic carbocycles. The quantitative estimate of drug-likeness (QED) is 0.763. The summed E-state index contributed by atoms with van der Waals surface area (Å²) >= 11 is 0. The fourth-order valence-electron chi connectivity index (χ4n) is 2.36. The highest BCUT2D eigenvalue weighted by molar-refractivity contribution is 5.76. The summed E-state index contributed by atoms with van der Waals surface area (Å²) in [6, 6.07) is 6.83. The molecule has 0 aromatic heterocycles. The molecule has 2 N–H and O–H groups in total. The maximum atomic E-state index is 5.80. The van der Waals surface area contributed by atoms with Crippen LogP contribution in [0, 0.1) is 0 Å². The second kappa shape index (κ2) is 3.74. The summed E-state index contributed by atoms with van der Waals surface area (Å²) in [6.07, 6.45) is 2.29. The largest absolute Gasteiger partial charge is 0.326 e. The van der Waals surface area contributed by atoms with Gasteiger partial charge < -0.3 is 5.73 Å². The molecule has 0 radical (unpaired) electrons. The monoisotopic (exact) mass is 215 g/mol. The second-order valence-corrected chi connectivity index (χ2v) is 5.74. The number of rotatable bonds is 1. The van der Waals surface area contributed by atoms with Crippen LogP contribution in [-0.2, 0) is 5.41 Å². The van der Waals surface area contributed by atoms with Crippen molar-refractivity contribution in [2.45, 2.75) is 39.0 Å². The van der Waals surface area contributed by atoms with Crippen LogP contribution in [0.25, 0.3) is 5.57 Å². The molecule has 0 saturated heterocycles. The van der Waals surface area contributed by atoms with E-state index in [1.54, 1.807) is 0 Å². The van der Waals surface area contributed by atoms with Gasteiger partial charge in [-0.05, 0) is 27.7 Å². The molecule has 1 nitrogen and oxygen atoms in total.